The lowest BCUT2D eigenvalue weighted by molar-refractivity contribution is -0.146. The highest BCUT2D eigenvalue weighted by Gasteiger charge is 2.31. The number of benzene rings is 2. The number of nitrogens with zero attached hydrogens (tertiary/aromatic N) is 2. The number of hydrogen-bond acceptors (Lipinski definition) is 6. The number of oxazole rings is 1. The van der Waals surface area contributed by atoms with E-state index in [-0.39, 0.29) is 12.0 Å². The quantitative estimate of drug-likeness (QED) is 0.518. The lowest BCUT2D eigenvalue weighted by Gasteiger charge is -2.22. The number of rotatable bonds is 7. The summed E-state index contributed by atoms with van der Waals surface area (Å²) < 4.78 is 16.7. The molecule has 0 saturated carbocycles. The second kappa shape index (κ2) is 9.35. The zero-order valence-electron chi connectivity index (χ0n) is 18.3. The van der Waals surface area contributed by atoms with Gasteiger partial charge in [0.15, 0.2) is 0 Å². The third-order valence-corrected chi connectivity index (χ3v) is 5.79. The van der Waals surface area contributed by atoms with E-state index in [1.165, 1.54) is 7.11 Å². The molecule has 2 aromatic carbocycles. The predicted molar refractivity (Wildman–Crippen MR) is 118 cm³/mol. The molecule has 0 radical (unpaired) electrons. The maximum atomic E-state index is 11.9. The largest absolute Gasteiger partial charge is 0.487 e. The Balaban J connectivity index is 1.37. The Morgan fingerprint density at radius 1 is 1.16 bits per heavy atom. The lowest BCUT2D eigenvalue weighted by Crippen LogP contribution is -2.36. The fraction of sp³-hybridized carbons (Fsp3) is 0.360. The Morgan fingerprint density at radius 2 is 1.94 bits per heavy atom. The van der Waals surface area contributed by atoms with Crippen molar-refractivity contribution in [2.45, 2.75) is 45.9 Å². The van der Waals surface area contributed by atoms with Crippen molar-refractivity contribution < 1.29 is 18.7 Å². The van der Waals surface area contributed by atoms with Gasteiger partial charge in [0.25, 0.3) is 0 Å². The summed E-state index contributed by atoms with van der Waals surface area (Å²) >= 11 is 0. The molecule has 0 spiro atoms. The summed E-state index contributed by atoms with van der Waals surface area (Å²) in [6.45, 7) is 5.93. The fourth-order valence-corrected chi connectivity index (χ4v) is 3.99. The van der Waals surface area contributed by atoms with E-state index in [0.717, 1.165) is 59.8 Å². The van der Waals surface area contributed by atoms with Crippen LogP contribution in [0.2, 0.25) is 0 Å². The van der Waals surface area contributed by atoms with Crippen molar-refractivity contribution in [1.82, 2.24) is 9.88 Å². The van der Waals surface area contributed by atoms with Gasteiger partial charge in [-0.25, -0.2) is 4.98 Å². The summed E-state index contributed by atoms with van der Waals surface area (Å²) in [5, 5.41) is 0. The van der Waals surface area contributed by atoms with Gasteiger partial charge in [-0.2, -0.15) is 0 Å². The van der Waals surface area contributed by atoms with Crippen LogP contribution >= 0.6 is 0 Å². The van der Waals surface area contributed by atoms with Crippen LogP contribution in [0, 0.1) is 13.8 Å². The first-order valence-corrected chi connectivity index (χ1v) is 10.6. The Bertz CT molecular complexity index is 1040. The van der Waals surface area contributed by atoms with Crippen molar-refractivity contribution in [1.29, 1.82) is 0 Å². The molecule has 0 unspecified atom stereocenters. The zero-order chi connectivity index (χ0) is 21.8. The molecule has 4 rings (SSSR count). The Morgan fingerprint density at radius 3 is 2.68 bits per heavy atom. The number of methoxy groups -OCH3 is 1. The van der Waals surface area contributed by atoms with Gasteiger partial charge in [0, 0.05) is 12.1 Å². The number of ether oxygens (including phenoxy) is 2. The number of carbonyl (C=O) groups excluding carboxylic acids is 1. The minimum absolute atomic E-state index is 0.140. The highest BCUT2D eigenvalue weighted by atomic mass is 16.5. The Kier molecular flexibility index (Phi) is 6.37. The zero-order valence-corrected chi connectivity index (χ0v) is 18.3. The van der Waals surface area contributed by atoms with Gasteiger partial charge in [-0.1, -0.05) is 30.3 Å². The van der Waals surface area contributed by atoms with Crippen LogP contribution < -0.4 is 4.74 Å². The minimum Gasteiger partial charge on any atom is -0.487 e. The van der Waals surface area contributed by atoms with Crippen molar-refractivity contribution in [3.63, 3.8) is 0 Å². The SMILES string of the molecule is COC(=O)[C@H]1CCCN1Cc1ccc(OCc2nc(-c3ccccc3C)oc2C)cc1. The van der Waals surface area contributed by atoms with Crippen LogP contribution in [-0.2, 0) is 22.7 Å². The van der Waals surface area contributed by atoms with Gasteiger partial charge < -0.3 is 13.9 Å². The first kappa shape index (κ1) is 21.1. The van der Waals surface area contributed by atoms with E-state index in [1.807, 2.05) is 62.4 Å². The minimum atomic E-state index is -0.148. The van der Waals surface area contributed by atoms with Crippen LogP contribution in [0.4, 0.5) is 0 Å². The molecular formula is C25H28N2O4. The number of carbonyl (C=O) groups is 1. The standard InChI is InChI=1S/C25H28N2O4/c1-17-7-4-5-8-21(17)24-26-22(18(2)31-24)16-30-20-12-10-19(11-13-20)15-27-14-6-9-23(27)25(28)29-3/h4-5,7-8,10-13,23H,6,9,14-16H2,1-3H3/t23-/m1/s1. The summed E-state index contributed by atoms with van der Waals surface area (Å²) in [7, 11) is 1.45. The monoisotopic (exact) mass is 420 g/mol. The normalized spacial score (nSPS) is 16.4. The molecule has 0 bridgehead atoms. The van der Waals surface area contributed by atoms with Gasteiger partial charge in [0.05, 0.1) is 7.11 Å². The first-order valence-electron chi connectivity index (χ1n) is 10.6. The van der Waals surface area contributed by atoms with E-state index in [0.29, 0.717) is 12.5 Å². The molecular weight excluding hydrogens is 392 g/mol. The third-order valence-electron chi connectivity index (χ3n) is 5.79. The van der Waals surface area contributed by atoms with E-state index < -0.39 is 0 Å². The summed E-state index contributed by atoms with van der Waals surface area (Å²) in [5.41, 5.74) is 4.05. The summed E-state index contributed by atoms with van der Waals surface area (Å²) in [6, 6.07) is 15.9. The van der Waals surface area contributed by atoms with Gasteiger partial charge >= 0.3 is 5.97 Å². The maximum absolute atomic E-state index is 11.9. The molecule has 0 amide bonds. The Hall–Kier alpha value is -3.12. The molecule has 1 fully saturated rings. The average molecular weight is 421 g/mol. The van der Waals surface area contributed by atoms with Gasteiger partial charge in [0.1, 0.15) is 29.9 Å². The molecule has 1 saturated heterocycles. The van der Waals surface area contributed by atoms with E-state index in [9.17, 15) is 4.79 Å². The van der Waals surface area contributed by atoms with Crippen molar-refractivity contribution in [2.24, 2.45) is 0 Å². The van der Waals surface area contributed by atoms with Crippen molar-refractivity contribution >= 4 is 5.97 Å². The highest BCUT2D eigenvalue weighted by molar-refractivity contribution is 5.76. The Labute approximate surface area is 182 Å². The van der Waals surface area contributed by atoms with Gasteiger partial charge in [-0.15, -0.1) is 0 Å². The average Bonchev–Trinajstić information content (AvgIpc) is 3.39. The number of aromatic nitrogens is 1. The molecule has 6 heteroatoms. The van der Waals surface area contributed by atoms with Gasteiger partial charge in [0.2, 0.25) is 5.89 Å². The predicted octanol–water partition coefficient (Wildman–Crippen LogP) is 4.67. The topological polar surface area (TPSA) is 64.8 Å². The van der Waals surface area contributed by atoms with Crippen molar-refractivity contribution in [2.75, 3.05) is 13.7 Å². The number of hydrogen-bond donors (Lipinski definition) is 0. The smallest absolute Gasteiger partial charge is 0.323 e. The molecule has 1 aliphatic heterocycles. The van der Waals surface area contributed by atoms with Crippen LogP contribution in [0.1, 0.15) is 35.4 Å². The molecule has 3 aromatic rings. The van der Waals surface area contributed by atoms with Crippen LogP contribution in [0.15, 0.2) is 52.9 Å². The molecule has 31 heavy (non-hydrogen) atoms. The molecule has 1 atom stereocenters. The summed E-state index contributed by atoms with van der Waals surface area (Å²) in [4.78, 5) is 18.7. The van der Waals surface area contributed by atoms with E-state index in [4.69, 9.17) is 13.9 Å². The summed E-state index contributed by atoms with van der Waals surface area (Å²) in [5.74, 6) is 2.01. The van der Waals surface area contributed by atoms with Crippen molar-refractivity contribution in [3.05, 3.63) is 71.1 Å². The second-order valence-corrected chi connectivity index (χ2v) is 7.92. The second-order valence-electron chi connectivity index (χ2n) is 7.92. The third kappa shape index (κ3) is 4.80. The van der Waals surface area contributed by atoms with E-state index in [2.05, 4.69) is 9.88 Å². The number of esters is 1. The highest BCUT2D eigenvalue weighted by Crippen LogP contribution is 2.26. The molecule has 0 aliphatic carbocycles. The first-order chi connectivity index (χ1) is 15.0. The van der Waals surface area contributed by atoms with Crippen LogP contribution in [0.25, 0.3) is 11.5 Å². The number of likely N-dealkylation sites (tertiary alicyclic amines) is 1. The molecule has 2 heterocycles. The van der Waals surface area contributed by atoms with Crippen LogP contribution in [0.5, 0.6) is 5.75 Å². The van der Waals surface area contributed by atoms with E-state index in [1.54, 1.807) is 0 Å². The molecule has 162 valence electrons. The molecule has 1 aromatic heterocycles. The maximum Gasteiger partial charge on any atom is 0.323 e. The fourth-order valence-electron chi connectivity index (χ4n) is 3.99. The lowest BCUT2D eigenvalue weighted by atomic mass is 10.1. The molecule has 0 N–H and O–H groups in total. The van der Waals surface area contributed by atoms with Crippen LogP contribution in [-0.4, -0.2) is 35.5 Å². The van der Waals surface area contributed by atoms with Gasteiger partial charge in [-0.3, -0.25) is 9.69 Å². The van der Waals surface area contributed by atoms with Crippen molar-refractivity contribution in [3.8, 4) is 17.2 Å². The van der Waals surface area contributed by atoms with Crippen LogP contribution in [0.3, 0.4) is 0 Å². The molecule has 1 aliphatic rings. The van der Waals surface area contributed by atoms with E-state index >= 15 is 0 Å². The van der Waals surface area contributed by atoms with Gasteiger partial charge in [-0.05, 0) is 62.6 Å². The number of aryl methyl sites for hydroxylation is 2. The summed E-state index contributed by atoms with van der Waals surface area (Å²) in [6.07, 6.45) is 1.87. The molecule has 6 nitrogen and oxygen atoms in total.